The zero-order valence-corrected chi connectivity index (χ0v) is 18.2. The number of hydrogen-bond acceptors (Lipinski definition) is 2. The Bertz CT molecular complexity index is 589. The standard InChI is InChI=1S/C20H30FN3O.HI/c1-3-22-19(24-12-9-16(13-24)14-25-2)23-15-20(10-4-11-20)17-5-7-18(21)8-6-17;/h5-8,16H,3-4,9-15H2,1-2H3,(H,22,23);1H. The van der Waals surface area contributed by atoms with Crippen molar-refractivity contribution < 1.29 is 9.13 Å². The van der Waals surface area contributed by atoms with Crippen LogP contribution in [0.15, 0.2) is 29.3 Å². The summed E-state index contributed by atoms with van der Waals surface area (Å²) < 4.78 is 18.6. The molecular formula is C20H31FIN3O. The Morgan fingerprint density at radius 1 is 1.35 bits per heavy atom. The molecule has 1 atom stereocenters. The topological polar surface area (TPSA) is 36.9 Å². The zero-order valence-electron chi connectivity index (χ0n) is 15.8. The van der Waals surface area contributed by atoms with Crippen LogP contribution in [-0.4, -0.2) is 50.8 Å². The molecule has 4 nitrogen and oxygen atoms in total. The van der Waals surface area contributed by atoms with Crippen molar-refractivity contribution in [3.05, 3.63) is 35.6 Å². The maximum absolute atomic E-state index is 13.3. The summed E-state index contributed by atoms with van der Waals surface area (Å²) in [6.07, 6.45) is 4.64. The fourth-order valence-electron chi connectivity index (χ4n) is 3.99. The molecular weight excluding hydrogens is 444 g/mol. The van der Waals surface area contributed by atoms with Gasteiger partial charge in [-0.2, -0.15) is 0 Å². The number of hydrogen-bond donors (Lipinski definition) is 1. The summed E-state index contributed by atoms with van der Waals surface area (Å²) in [5.74, 6) is 1.43. The lowest BCUT2D eigenvalue weighted by molar-refractivity contribution is 0.157. The number of nitrogens with zero attached hydrogens (tertiary/aromatic N) is 2. The quantitative estimate of drug-likeness (QED) is 0.387. The van der Waals surface area contributed by atoms with E-state index in [4.69, 9.17) is 9.73 Å². The molecule has 3 rings (SSSR count). The molecule has 0 amide bonds. The Morgan fingerprint density at radius 3 is 2.65 bits per heavy atom. The highest BCUT2D eigenvalue weighted by Gasteiger charge is 2.39. The van der Waals surface area contributed by atoms with E-state index in [0.717, 1.165) is 58.0 Å². The van der Waals surface area contributed by atoms with Crippen molar-refractivity contribution in [1.29, 1.82) is 0 Å². The normalized spacial score (nSPS) is 21.9. The molecule has 0 spiro atoms. The van der Waals surface area contributed by atoms with Crippen LogP contribution in [-0.2, 0) is 10.2 Å². The van der Waals surface area contributed by atoms with Crippen LogP contribution in [0.2, 0.25) is 0 Å². The van der Waals surface area contributed by atoms with Crippen LogP contribution in [0.4, 0.5) is 4.39 Å². The first kappa shape index (κ1) is 21.4. The van der Waals surface area contributed by atoms with Crippen molar-refractivity contribution in [3.8, 4) is 0 Å². The van der Waals surface area contributed by atoms with Crippen molar-refractivity contribution in [2.45, 2.75) is 38.0 Å². The first-order chi connectivity index (χ1) is 12.2. The third-order valence-electron chi connectivity index (χ3n) is 5.62. The van der Waals surface area contributed by atoms with Crippen LogP contribution in [0.1, 0.15) is 38.2 Å². The molecule has 1 aromatic carbocycles. The van der Waals surface area contributed by atoms with Crippen molar-refractivity contribution >= 4 is 29.9 Å². The van der Waals surface area contributed by atoms with E-state index in [0.29, 0.717) is 5.92 Å². The summed E-state index contributed by atoms with van der Waals surface area (Å²) in [5.41, 5.74) is 1.30. The summed E-state index contributed by atoms with van der Waals surface area (Å²) in [6, 6.07) is 7.00. The van der Waals surface area contributed by atoms with Gasteiger partial charge in [0, 0.05) is 38.1 Å². The molecule has 0 bridgehead atoms. The van der Waals surface area contributed by atoms with Crippen LogP contribution >= 0.6 is 24.0 Å². The highest BCUT2D eigenvalue weighted by Crippen LogP contribution is 2.44. The molecule has 6 heteroatoms. The second-order valence-corrected chi connectivity index (χ2v) is 7.37. The van der Waals surface area contributed by atoms with Gasteiger partial charge in [0.05, 0.1) is 13.2 Å². The summed E-state index contributed by atoms with van der Waals surface area (Å²) >= 11 is 0. The van der Waals surface area contributed by atoms with Crippen LogP contribution in [0, 0.1) is 11.7 Å². The van der Waals surface area contributed by atoms with Crippen molar-refractivity contribution in [2.24, 2.45) is 10.9 Å². The summed E-state index contributed by atoms with van der Waals surface area (Å²) in [5, 5.41) is 3.44. The van der Waals surface area contributed by atoms with E-state index in [2.05, 4.69) is 17.1 Å². The Labute approximate surface area is 173 Å². The average molecular weight is 475 g/mol. The number of halogens is 2. The van der Waals surface area contributed by atoms with Gasteiger partial charge < -0.3 is 15.0 Å². The lowest BCUT2D eigenvalue weighted by Crippen LogP contribution is -2.43. The highest BCUT2D eigenvalue weighted by molar-refractivity contribution is 14.0. The lowest BCUT2D eigenvalue weighted by atomic mass is 9.64. The first-order valence-corrected chi connectivity index (χ1v) is 9.45. The molecule has 0 aromatic heterocycles. The molecule has 1 saturated carbocycles. The van der Waals surface area contributed by atoms with E-state index in [9.17, 15) is 4.39 Å². The maximum atomic E-state index is 13.3. The number of nitrogens with one attached hydrogen (secondary N) is 1. The highest BCUT2D eigenvalue weighted by atomic mass is 127. The monoisotopic (exact) mass is 475 g/mol. The molecule has 1 heterocycles. The van der Waals surface area contributed by atoms with Crippen LogP contribution < -0.4 is 5.32 Å². The van der Waals surface area contributed by atoms with E-state index >= 15 is 0 Å². The molecule has 146 valence electrons. The Hall–Kier alpha value is -0.890. The molecule has 2 aliphatic rings. The smallest absolute Gasteiger partial charge is 0.193 e. The second-order valence-electron chi connectivity index (χ2n) is 7.37. The minimum atomic E-state index is -0.170. The molecule has 1 aliphatic carbocycles. The Morgan fingerprint density at radius 2 is 2.08 bits per heavy atom. The fourth-order valence-corrected chi connectivity index (χ4v) is 3.99. The van der Waals surface area contributed by atoms with Crippen LogP contribution in [0.5, 0.6) is 0 Å². The number of aliphatic imine (C=N–C) groups is 1. The van der Waals surface area contributed by atoms with Crippen molar-refractivity contribution in [1.82, 2.24) is 10.2 Å². The first-order valence-electron chi connectivity index (χ1n) is 9.45. The number of likely N-dealkylation sites (tertiary alicyclic amines) is 1. The van der Waals surface area contributed by atoms with E-state index in [-0.39, 0.29) is 35.2 Å². The fraction of sp³-hybridized carbons (Fsp3) is 0.650. The number of rotatable bonds is 6. The van der Waals surface area contributed by atoms with E-state index in [1.54, 1.807) is 19.2 Å². The molecule has 26 heavy (non-hydrogen) atoms. The third-order valence-corrected chi connectivity index (χ3v) is 5.62. The van der Waals surface area contributed by atoms with Gasteiger partial charge in [0.25, 0.3) is 0 Å². The zero-order chi connectivity index (χ0) is 17.7. The minimum absolute atomic E-state index is 0. The molecule has 1 unspecified atom stereocenters. The second kappa shape index (κ2) is 9.88. The summed E-state index contributed by atoms with van der Waals surface area (Å²) in [4.78, 5) is 7.33. The van der Waals surface area contributed by atoms with Gasteiger partial charge in [0.1, 0.15) is 5.82 Å². The van der Waals surface area contributed by atoms with Gasteiger partial charge in [-0.15, -0.1) is 24.0 Å². The van der Waals surface area contributed by atoms with Crippen molar-refractivity contribution in [3.63, 3.8) is 0 Å². The predicted molar refractivity (Wildman–Crippen MR) is 115 cm³/mol. The van der Waals surface area contributed by atoms with E-state index in [1.165, 1.54) is 12.0 Å². The number of guanidine groups is 1. The van der Waals surface area contributed by atoms with Gasteiger partial charge >= 0.3 is 0 Å². The number of methoxy groups -OCH3 is 1. The number of benzene rings is 1. The minimum Gasteiger partial charge on any atom is -0.384 e. The van der Waals surface area contributed by atoms with Crippen molar-refractivity contribution in [2.75, 3.05) is 39.9 Å². The molecule has 1 saturated heterocycles. The molecule has 0 radical (unpaired) electrons. The largest absolute Gasteiger partial charge is 0.384 e. The van der Waals surface area contributed by atoms with Gasteiger partial charge in [-0.3, -0.25) is 4.99 Å². The third kappa shape index (κ3) is 4.88. The predicted octanol–water partition coefficient (Wildman–Crippen LogP) is 3.80. The van der Waals surface area contributed by atoms with E-state index < -0.39 is 0 Å². The molecule has 1 N–H and O–H groups in total. The maximum Gasteiger partial charge on any atom is 0.193 e. The Balaban J connectivity index is 0.00000243. The molecule has 1 aromatic rings. The number of ether oxygens (including phenoxy) is 1. The van der Waals surface area contributed by atoms with Gasteiger partial charge in [-0.1, -0.05) is 18.6 Å². The lowest BCUT2D eigenvalue weighted by Gasteiger charge is -2.41. The van der Waals surface area contributed by atoms with Gasteiger partial charge in [0.2, 0.25) is 0 Å². The van der Waals surface area contributed by atoms with Crippen LogP contribution in [0.3, 0.4) is 0 Å². The Kier molecular flexibility index (Phi) is 8.13. The van der Waals surface area contributed by atoms with Gasteiger partial charge in [0.15, 0.2) is 5.96 Å². The summed E-state index contributed by atoms with van der Waals surface area (Å²) in [7, 11) is 1.77. The van der Waals surface area contributed by atoms with Gasteiger partial charge in [-0.25, -0.2) is 4.39 Å². The summed E-state index contributed by atoms with van der Waals surface area (Å²) in [6.45, 7) is 6.60. The molecule has 1 aliphatic heterocycles. The SMILES string of the molecule is CCNC(=NCC1(c2ccc(F)cc2)CCC1)N1CCC(COC)C1.I. The van der Waals surface area contributed by atoms with E-state index in [1.807, 2.05) is 12.1 Å². The average Bonchev–Trinajstić information content (AvgIpc) is 3.03. The van der Waals surface area contributed by atoms with Crippen LogP contribution in [0.25, 0.3) is 0 Å². The molecule has 2 fully saturated rings. The van der Waals surface area contributed by atoms with Gasteiger partial charge in [-0.05, 0) is 43.9 Å².